The smallest absolute Gasteiger partial charge is 0.256 e. The van der Waals surface area contributed by atoms with Crippen molar-refractivity contribution in [3.63, 3.8) is 0 Å². The van der Waals surface area contributed by atoms with Crippen molar-refractivity contribution in [2.45, 2.75) is 13.3 Å². The summed E-state index contributed by atoms with van der Waals surface area (Å²) in [5, 5.41) is 5.17. The van der Waals surface area contributed by atoms with Crippen molar-refractivity contribution in [3.8, 4) is 5.75 Å². The normalized spacial score (nSPS) is 10.3. The van der Waals surface area contributed by atoms with Gasteiger partial charge in [0.2, 0.25) is 0 Å². The Morgan fingerprint density at radius 3 is 2.90 bits per heavy atom. The van der Waals surface area contributed by atoms with Crippen LogP contribution < -0.4 is 10.1 Å². The molecular formula is C14H13BrClNO2S. The van der Waals surface area contributed by atoms with E-state index in [2.05, 4.69) is 21.2 Å². The minimum Gasteiger partial charge on any atom is -0.491 e. The molecule has 20 heavy (non-hydrogen) atoms. The van der Waals surface area contributed by atoms with Crippen LogP contribution in [0, 0.1) is 0 Å². The molecule has 3 nitrogen and oxygen atoms in total. The molecule has 0 saturated heterocycles. The van der Waals surface area contributed by atoms with Crippen LogP contribution in [0.5, 0.6) is 5.75 Å². The van der Waals surface area contributed by atoms with E-state index in [1.807, 2.05) is 6.92 Å². The quantitative estimate of drug-likeness (QED) is 0.780. The van der Waals surface area contributed by atoms with Crippen LogP contribution in [0.4, 0.5) is 5.69 Å². The van der Waals surface area contributed by atoms with Gasteiger partial charge < -0.3 is 10.1 Å². The van der Waals surface area contributed by atoms with Gasteiger partial charge in [-0.2, -0.15) is 0 Å². The van der Waals surface area contributed by atoms with Crippen molar-refractivity contribution in [1.82, 2.24) is 0 Å². The Morgan fingerprint density at radius 2 is 2.25 bits per heavy atom. The fraction of sp³-hybridized carbons (Fsp3) is 0.214. The molecule has 0 unspecified atom stereocenters. The van der Waals surface area contributed by atoms with Crippen LogP contribution in [0.25, 0.3) is 0 Å². The zero-order valence-corrected chi connectivity index (χ0v) is 13.9. The maximum atomic E-state index is 12.1. The highest BCUT2D eigenvalue weighted by Crippen LogP contribution is 2.29. The zero-order valence-electron chi connectivity index (χ0n) is 10.8. The molecule has 0 aliphatic carbocycles. The van der Waals surface area contributed by atoms with Gasteiger partial charge in [0, 0.05) is 10.4 Å². The van der Waals surface area contributed by atoms with Gasteiger partial charge in [-0.3, -0.25) is 4.79 Å². The molecule has 0 spiro atoms. The number of ether oxygens (including phenoxy) is 1. The number of hydrogen-bond donors (Lipinski definition) is 1. The third-order valence-electron chi connectivity index (χ3n) is 2.48. The first-order valence-electron chi connectivity index (χ1n) is 6.08. The van der Waals surface area contributed by atoms with E-state index in [9.17, 15) is 4.79 Å². The van der Waals surface area contributed by atoms with Crippen molar-refractivity contribution in [2.75, 3.05) is 11.9 Å². The molecule has 0 saturated carbocycles. The Hall–Kier alpha value is -1.04. The molecule has 0 aliphatic rings. The minimum atomic E-state index is -0.185. The van der Waals surface area contributed by atoms with Gasteiger partial charge in [-0.15, -0.1) is 11.3 Å². The highest BCUT2D eigenvalue weighted by atomic mass is 79.9. The van der Waals surface area contributed by atoms with Gasteiger partial charge in [0.25, 0.3) is 5.91 Å². The lowest BCUT2D eigenvalue weighted by molar-refractivity contribution is 0.102. The van der Waals surface area contributed by atoms with E-state index >= 15 is 0 Å². The van der Waals surface area contributed by atoms with E-state index < -0.39 is 0 Å². The zero-order chi connectivity index (χ0) is 14.5. The standard InChI is InChI=1S/C14H13BrClNO2S/c1-2-5-19-12-4-3-10(16)7-11(12)17-14(18)9-6-13(15)20-8-9/h3-4,6-8H,2,5H2,1H3,(H,17,18). The molecule has 0 aliphatic heterocycles. The molecular weight excluding hydrogens is 362 g/mol. The number of nitrogens with one attached hydrogen (secondary N) is 1. The van der Waals surface area contributed by atoms with Crippen molar-refractivity contribution >= 4 is 50.5 Å². The lowest BCUT2D eigenvalue weighted by Crippen LogP contribution is -2.12. The Bertz CT molecular complexity index is 615. The van der Waals surface area contributed by atoms with Crippen LogP contribution in [0.2, 0.25) is 5.02 Å². The molecule has 6 heteroatoms. The maximum absolute atomic E-state index is 12.1. The molecule has 1 amide bonds. The summed E-state index contributed by atoms with van der Waals surface area (Å²) in [6.07, 6.45) is 0.896. The van der Waals surface area contributed by atoms with Gasteiger partial charge >= 0.3 is 0 Å². The number of rotatable bonds is 5. The molecule has 1 N–H and O–H groups in total. The number of anilines is 1. The van der Waals surface area contributed by atoms with Gasteiger partial charge in [0.1, 0.15) is 5.75 Å². The average molecular weight is 375 g/mol. The number of thiophene rings is 1. The van der Waals surface area contributed by atoms with Gasteiger partial charge in [-0.1, -0.05) is 18.5 Å². The predicted octanol–water partition coefficient (Wildman–Crippen LogP) is 5.21. The fourth-order valence-corrected chi connectivity index (χ4v) is 2.87. The number of carbonyl (C=O) groups is 1. The Kier molecular flexibility index (Phi) is 5.46. The van der Waals surface area contributed by atoms with Gasteiger partial charge in [-0.25, -0.2) is 0 Å². The summed E-state index contributed by atoms with van der Waals surface area (Å²) < 4.78 is 6.52. The van der Waals surface area contributed by atoms with Gasteiger partial charge in [0.05, 0.1) is 21.6 Å². The molecule has 1 aromatic heterocycles. The first kappa shape index (κ1) is 15.4. The van der Waals surface area contributed by atoms with Crippen molar-refractivity contribution < 1.29 is 9.53 Å². The largest absolute Gasteiger partial charge is 0.491 e. The Balaban J connectivity index is 2.18. The highest BCUT2D eigenvalue weighted by molar-refractivity contribution is 9.11. The lowest BCUT2D eigenvalue weighted by atomic mass is 10.2. The predicted molar refractivity (Wildman–Crippen MR) is 87.2 cm³/mol. The first-order valence-corrected chi connectivity index (χ1v) is 8.13. The lowest BCUT2D eigenvalue weighted by Gasteiger charge is -2.12. The Labute approximate surface area is 135 Å². The SMILES string of the molecule is CCCOc1ccc(Cl)cc1NC(=O)c1csc(Br)c1. The summed E-state index contributed by atoms with van der Waals surface area (Å²) >= 11 is 10.8. The van der Waals surface area contributed by atoms with Crippen LogP contribution in [0.15, 0.2) is 33.4 Å². The maximum Gasteiger partial charge on any atom is 0.256 e. The minimum absolute atomic E-state index is 0.185. The van der Waals surface area contributed by atoms with E-state index in [0.29, 0.717) is 28.6 Å². The molecule has 0 radical (unpaired) electrons. The molecule has 1 aromatic carbocycles. The average Bonchev–Trinajstić information content (AvgIpc) is 2.85. The van der Waals surface area contributed by atoms with Crippen LogP contribution in [0.3, 0.4) is 0 Å². The van der Waals surface area contributed by atoms with E-state index in [4.69, 9.17) is 16.3 Å². The third kappa shape index (κ3) is 3.98. The summed E-state index contributed by atoms with van der Waals surface area (Å²) in [5.41, 5.74) is 1.18. The summed E-state index contributed by atoms with van der Waals surface area (Å²) in [5.74, 6) is 0.439. The number of carbonyl (C=O) groups excluding carboxylic acids is 1. The molecule has 0 bridgehead atoms. The summed E-state index contributed by atoms with van der Waals surface area (Å²) in [6, 6.07) is 6.96. The van der Waals surface area contributed by atoms with Crippen LogP contribution >= 0.6 is 38.9 Å². The second kappa shape index (κ2) is 7.11. The second-order valence-electron chi connectivity index (χ2n) is 4.08. The van der Waals surface area contributed by atoms with E-state index in [0.717, 1.165) is 10.2 Å². The van der Waals surface area contributed by atoms with Gasteiger partial charge in [0.15, 0.2) is 0 Å². The molecule has 0 atom stereocenters. The molecule has 106 valence electrons. The number of amides is 1. The van der Waals surface area contributed by atoms with E-state index in [-0.39, 0.29) is 5.91 Å². The molecule has 1 heterocycles. The fourth-order valence-electron chi connectivity index (χ4n) is 1.56. The van der Waals surface area contributed by atoms with Crippen LogP contribution in [0.1, 0.15) is 23.7 Å². The van der Waals surface area contributed by atoms with Crippen LogP contribution in [-0.2, 0) is 0 Å². The monoisotopic (exact) mass is 373 g/mol. The number of halogens is 2. The summed E-state index contributed by atoms with van der Waals surface area (Å²) in [7, 11) is 0. The number of benzene rings is 1. The second-order valence-corrected chi connectivity index (χ2v) is 6.81. The molecule has 2 rings (SSSR count). The molecule has 0 fully saturated rings. The first-order chi connectivity index (χ1) is 9.60. The van der Waals surface area contributed by atoms with Crippen molar-refractivity contribution in [1.29, 1.82) is 0 Å². The summed E-state index contributed by atoms with van der Waals surface area (Å²) in [6.45, 7) is 2.62. The Morgan fingerprint density at radius 1 is 1.45 bits per heavy atom. The van der Waals surface area contributed by atoms with E-state index in [1.54, 1.807) is 29.6 Å². The number of hydrogen-bond acceptors (Lipinski definition) is 3. The third-order valence-corrected chi connectivity index (χ3v) is 4.22. The van der Waals surface area contributed by atoms with Crippen LogP contribution in [-0.4, -0.2) is 12.5 Å². The topological polar surface area (TPSA) is 38.3 Å². The highest BCUT2D eigenvalue weighted by Gasteiger charge is 2.12. The van der Waals surface area contributed by atoms with Crippen molar-refractivity contribution in [3.05, 3.63) is 44.0 Å². The molecule has 2 aromatic rings. The summed E-state index contributed by atoms with van der Waals surface area (Å²) in [4.78, 5) is 12.1. The van der Waals surface area contributed by atoms with E-state index in [1.165, 1.54) is 11.3 Å². The van der Waals surface area contributed by atoms with Crippen molar-refractivity contribution in [2.24, 2.45) is 0 Å². The van der Waals surface area contributed by atoms with Gasteiger partial charge in [-0.05, 0) is 46.6 Å².